The molecule has 2 aromatic rings. The van der Waals surface area contributed by atoms with Crippen LogP contribution in [-0.2, 0) is 0 Å². The average molecular weight is 411 g/mol. The summed E-state index contributed by atoms with van der Waals surface area (Å²) in [7, 11) is 0. The summed E-state index contributed by atoms with van der Waals surface area (Å²) in [4.78, 5) is 2.13. The van der Waals surface area contributed by atoms with E-state index in [-0.39, 0.29) is 43.0 Å². The lowest BCUT2D eigenvalue weighted by Crippen LogP contribution is -2.45. The molecule has 1 saturated heterocycles. The highest BCUT2D eigenvalue weighted by molar-refractivity contribution is 5.86. The third-order valence-corrected chi connectivity index (χ3v) is 4.53. The minimum atomic E-state index is -4.14. The van der Waals surface area contributed by atoms with Crippen LogP contribution in [0.1, 0.15) is 24.4 Å². The molecule has 1 fully saturated rings. The summed E-state index contributed by atoms with van der Waals surface area (Å²) in [6, 6.07) is 10.5. The third-order valence-electron chi connectivity index (χ3n) is 4.53. The Morgan fingerprint density at radius 3 is 2.27 bits per heavy atom. The summed E-state index contributed by atoms with van der Waals surface area (Å²) in [6.07, 6.45) is -4.86. The number of halogens is 5. The molecule has 0 amide bonds. The van der Waals surface area contributed by atoms with Crippen LogP contribution in [0.5, 0.6) is 5.75 Å². The summed E-state index contributed by atoms with van der Waals surface area (Å²) in [6.45, 7) is 3.08. The molecule has 1 heterocycles. The predicted molar refractivity (Wildman–Crippen MR) is 103 cm³/mol. The molecule has 3 rings (SSSR count). The first-order chi connectivity index (χ1) is 11.4. The number of phenolic OH excluding ortho intramolecular Hbond substituents is 1. The SMILES string of the molecule is Cl.Cl.Oc1ccc2cc([C@@H](CCC(F)(F)F)N3CCNCC3)ccc2c1. The Labute approximate surface area is 163 Å². The van der Waals surface area contributed by atoms with Crippen molar-refractivity contribution >= 4 is 35.6 Å². The molecule has 0 bridgehead atoms. The molecule has 1 aliphatic rings. The van der Waals surface area contributed by atoms with E-state index in [1.807, 2.05) is 18.2 Å². The minimum Gasteiger partial charge on any atom is -0.508 e. The molecule has 0 spiro atoms. The van der Waals surface area contributed by atoms with Gasteiger partial charge < -0.3 is 10.4 Å². The number of rotatable bonds is 4. The minimum absolute atomic E-state index is 0. The molecule has 0 saturated carbocycles. The van der Waals surface area contributed by atoms with Crippen molar-refractivity contribution in [2.24, 2.45) is 0 Å². The molecule has 3 nitrogen and oxygen atoms in total. The molecular formula is C18H23Cl2F3N2O. The highest BCUT2D eigenvalue weighted by Gasteiger charge is 2.31. The van der Waals surface area contributed by atoms with Crippen molar-refractivity contribution in [3.63, 3.8) is 0 Å². The van der Waals surface area contributed by atoms with Crippen LogP contribution < -0.4 is 5.32 Å². The second-order valence-corrected chi connectivity index (χ2v) is 6.25. The van der Waals surface area contributed by atoms with Crippen LogP contribution in [-0.4, -0.2) is 42.4 Å². The first kappa shape index (κ1) is 22.8. The highest BCUT2D eigenvalue weighted by atomic mass is 35.5. The Hall–Kier alpha value is -1.21. The van der Waals surface area contributed by atoms with Gasteiger partial charge in [0.15, 0.2) is 0 Å². The van der Waals surface area contributed by atoms with Crippen molar-refractivity contribution in [2.75, 3.05) is 26.2 Å². The maximum Gasteiger partial charge on any atom is 0.389 e. The quantitative estimate of drug-likeness (QED) is 0.767. The first-order valence-corrected chi connectivity index (χ1v) is 8.16. The lowest BCUT2D eigenvalue weighted by molar-refractivity contribution is -0.138. The number of aromatic hydroxyl groups is 1. The molecule has 0 unspecified atom stereocenters. The first-order valence-electron chi connectivity index (χ1n) is 8.16. The lowest BCUT2D eigenvalue weighted by atomic mass is 9.96. The normalized spacial score (nSPS) is 16.6. The third kappa shape index (κ3) is 5.91. The summed E-state index contributed by atoms with van der Waals surface area (Å²) in [5, 5.41) is 14.6. The van der Waals surface area contributed by atoms with E-state index in [9.17, 15) is 18.3 Å². The van der Waals surface area contributed by atoms with E-state index in [0.717, 1.165) is 42.5 Å². The number of fused-ring (bicyclic) bond motifs is 1. The van der Waals surface area contributed by atoms with Crippen LogP contribution in [0.4, 0.5) is 13.2 Å². The number of nitrogens with zero attached hydrogens (tertiary/aromatic N) is 1. The van der Waals surface area contributed by atoms with Crippen molar-refractivity contribution in [1.82, 2.24) is 10.2 Å². The maximum atomic E-state index is 12.7. The fourth-order valence-electron chi connectivity index (χ4n) is 3.31. The van der Waals surface area contributed by atoms with Gasteiger partial charge in [0, 0.05) is 38.6 Å². The molecule has 146 valence electrons. The summed E-state index contributed by atoms with van der Waals surface area (Å²) in [5.41, 5.74) is 0.902. The molecule has 0 aliphatic carbocycles. The standard InChI is InChI=1S/C18H21F3N2O.2ClH/c19-18(20,21)6-5-17(23-9-7-22-8-10-23)15-2-1-14-12-16(24)4-3-13(14)11-15;;/h1-4,11-12,17,22,24H,5-10H2;2*1H/t17-;;/m1../s1. The Balaban J connectivity index is 0.00000169. The average Bonchev–Trinajstić information content (AvgIpc) is 2.55. The summed E-state index contributed by atoms with van der Waals surface area (Å²) in [5.74, 6) is 0.186. The number of alkyl halides is 3. The van der Waals surface area contributed by atoms with Gasteiger partial charge in [-0.3, -0.25) is 4.90 Å². The smallest absolute Gasteiger partial charge is 0.389 e. The summed E-state index contributed by atoms with van der Waals surface area (Å²) < 4.78 is 38.2. The van der Waals surface area contributed by atoms with Crippen molar-refractivity contribution in [3.8, 4) is 5.75 Å². The van der Waals surface area contributed by atoms with Crippen molar-refractivity contribution in [2.45, 2.75) is 25.1 Å². The van der Waals surface area contributed by atoms with E-state index < -0.39 is 12.6 Å². The fourth-order valence-corrected chi connectivity index (χ4v) is 3.31. The van der Waals surface area contributed by atoms with Gasteiger partial charge in [-0.25, -0.2) is 0 Å². The number of hydrogen-bond acceptors (Lipinski definition) is 3. The van der Waals surface area contributed by atoms with E-state index >= 15 is 0 Å². The molecule has 1 aliphatic heterocycles. The van der Waals surface area contributed by atoms with Gasteiger partial charge in [-0.15, -0.1) is 24.8 Å². The van der Waals surface area contributed by atoms with Gasteiger partial charge in [-0.2, -0.15) is 13.2 Å². The Bertz CT molecular complexity index is 706. The van der Waals surface area contributed by atoms with Gasteiger partial charge in [0.2, 0.25) is 0 Å². The molecule has 1 atom stereocenters. The van der Waals surface area contributed by atoms with Crippen molar-refractivity contribution < 1.29 is 18.3 Å². The van der Waals surface area contributed by atoms with Crippen LogP contribution in [0.25, 0.3) is 10.8 Å². The largest absolute Gasteiger partial charge is 0.508 e. The highest BCUT2D eigenvalue weighted by Crippen LogP contribution is 2.33. The van der Waals surface area contributed by atoms with E-state index in [4.69, 9.17) is 0 Å². The van der Waals surface area contributed by atoms with Gasteiger partial charge >= 0.3 is 6.18 Å². The molecule has 2 aromatic carbocycles. The van der Waals surface area contributed by atoms with Crippen molar-refractivity contribution in [1.29, 1.82) is 0 Å². The van der Waals surface area contributed by atoms with Crippen LogP contribution in [0.3, 0.4) is 0 Å². The van der Waals surface area contributed by atoms with Crippen LogP contribution in [0, 0.1) is 0 Å². The number of hydrogen-bond donors (Lipinski definition) is 2. The second kappa shape index (κ2) is 9.65. The van der Waals surface area contributed by atoms with Gasteiger partial charge in [0.05, 0.1) is 0 Å². The molecular weight excluding hydrogens is 388 g/mol. The topological polar surface area (TPSA) is 35.5 Å². The Morgan fingerprint density at radius 1 is 1.00 bits per heavy atom. The van der Waals surface area contributed by atoms with Crippen LogP contribution >= 0.6 is 24.8 Å². The van der Waals surface area contributed by atoms with Gasteiger partial charge in [-0.05, 0) is 41.0 Å². The zero-order valence-electron chi connectivity index (χ0n) is 14.1. The van der Waals surface area contributed by atoms with Crippen LogP contribution in [0.2, 0.25) is 0 Å². The van der Waals surface area contributed by atoms with E-state index in [2.05, 4.69) is 10.2 Å². The number of phenols is 1. The molecule has 26 heavy (non-hydrogen) atoms. The zero-order chi connectivity index (χ0) is 17.2. The summed E-state index contributed by atoms with van der Waals surface area (Å²) >= 11 is 0. The van der Waals surface area contributed by atoms with E-state index in [1.165, 1.54) is 0 Å². The molecule has 0 aromatic heterocycles. The molecule has 2 N–H and O–H groups in total. The van der Waals surface area contributed by atoms with Crippen LogP contribution in [0.15, 0.2) is 36.4 Å². The fraction of sp³-hybridized carbons (Fsp3) is 0.444. The van der Waals surface area contributed by atoms with Gasteiger partial charge in [0.1, 0.15) is 5.75 Å². The van der Waals surface area contributed by atoms with Gasteiger partial charge in [0.25, 0.3) is 0 Å². The van der Waals surface area contributed by atoms with Crippen molar-refractivity contribution in [3.05, 3.63) is 42.0 Å². The predicted octanol–water partition coefficient (Wildman–Crippen LogP) is 4.68. The maximum absolute atomic E-state index is 12.7. The number of benzene rings is 2. The Kier molecular flexibility index (Phi) is 8.47. The molecule has 0 radical (unpaired) electrons. The monoisotopic (exact) mass is 410 g/mol. The van der Waals surface area contributed by atoms with Gasteiger partial charge in [-0.1, -0.05) is 18.2 Å². The lowest BCUT2D eigenvalue weighted by Gasteiger charge is -2.35. The Morgan fingerprint density at radius 2 is 1.62 bits per heavy atom. The number of piperazine rings is 1. The zero-order valence-corrected chi connectivity index (χ0v) is 15.8. The van der Waals surface area contributed by atoms with E-state index in [0.29, 0.717) is 0 Å². The molecule has 8 heteroatoms. The van der Waals surface area contributed by atoms with E-state index in [1.54, 1.807) is 18.2 Å². The second-order valence-electron chi connectivity index (χ2n) is 6.25. The number of nitrogens with one attached hydrogen (secondary N) is 1.